The fraction of sp³-hybridized carbons (Fsp3) is 0.353. The van der Waals surface area contributed by atoms with E-state index < -0.39 is 24.0 Å². The van der Waals surface area contributed by atoms with Gasteiger partial charge in [0, 0.05) is 7.11 Å². The number of hydrogen-bond donors (Lipinski definition) is 3. The molecule has 0 saturated heterocycles. The molecule has 2 rings (SSSR count). The summed E-state index contributed by atoms with van der Waals surface area (Å²) in [6.45, 7) is 1.15. The number of carboxylic acids is 1. The van der Waals surface area contributed by atoms with Crippen LogP contribution < -0.4 is 10.1 Å². The van der Waals surface area contributed by atoms with Crippen molar-refractivity contribution in [1.82, 2.24) is 15.1 Å². The third-order valence-electron chi connectivity index (χ3n) is 3.52. The van der Waals surface area contributed by atoms with Crippen LogP contribution in [0.4, 0.5) is 0 Å². The molecule has 0 aliphatic carbocycles. The summed E-state index contributed by atoms with van der Waals surface area (Å²) in [5.41, 5.74) is -1.39. The van der Waals surface area contributed by atoms with E-state index in [1.807, 2.05) is 30.3 Å². The first kappa shape index (κ1) is 19.4. The van der Waals surface area contributed by atoms with Crippen molar-refractivity contribution in [3.8, 4) is 11.4 Å². The molecular weight excluding hydrogens is 342 g/mol. The zero-order chi connectivity index (χ0) is 19.2. The standard InChI is InChI=1S/C17H21N3O6/c1-17(24,16(22)23)11-18-15(21)14-13(26-9-8-25-2)10-20(19-14)12-6-4-3-5-7-12/h3-7,10,24H,8-9,11H2,1-2H3,(H,18,21)(H,22,23). The van der Waals surface area contributed by atoms with E-state index in [1.54, 1.807) is 6.20 Å². The molecule has 1 atom stereocenters. The van der Waals surface area contributed by atoms with E-state index in [0.29, 0.717) is 6.61 Å². The molecule has 1 heterocycles. The second-order valence-corrected chi connectivity index (χ2v) is 5.73. The van der Waals surface area contributed by atoms with Crippen LogP contribution >= 0.6 is 0 Å². The van der Waals surface area contributed by atoms with E-state index in [-0.39, 0.29) is 18.1 Å². The number of carbonyl (C=O) groups is 2. The SMILES string of the molecule is COCCOc1cn(-c2ccccc2)nc1C(=O)NCC(C)(O)C(=O)O. The molecule has 26 heavy (non-hydrogen) atoms. The molecule has 2 aromatic rings. The lowest BCUT2D eigenvalue weighted by Crippen LogP contribution is -2.46. The van der Waals surface area contributed by atoms with Crippen LogP contribution in [0, 0.1) is 0 Å². The van der Waals surface area contributed by atoms with Gasteiger partial charge in [-0.1, -0.05) is 18.2 Å². The molecule has 9 heteroatoms. The average molecular weight is 363 g/mol. The normalized spacial score (nSPS) is 13.0. The maximum absolute atomic E-state index is 12.4. The number of hydrogen-bond acceptors (Lipinski definition) is 6. The monoisotopic (exact) mass is 363 g/mol. The van der Waals surface area contributed by atoms with Crippen molar-refractivity contribution < 1.29 is 29.3 Å². The van der Waals surface area contributed by atoms with E-state index in [9.17, 15) is 14.7 Å². The summed E-state index contributed by atoms with van der Waals surface area (Å²) >= 11 is 0. The first-order chi connectivity index (χ1) is 12.3. The molecule has 1 amide bonds. The zero-order valence-corrected chi connectivity index (χ0v) is 14.5. The Morgan fingerprint density at radius 3 is 2.58 bits per heavy atom. The smallest absolute Gasteiger partial charge is 0.337 e. The average Bonchev–Trinajstić information content (AvgIpc) is 3.05. The van der Waals surface area contributed by atoms with Crippen molar-refractivity contribution in [1.29, 1.82) is 0 Å². The van der Waals surface area contributed by atoms with Gasteiger partial charge < -0.3 is 25.0 Å². The zero-order valence-electron chi connectivity index (χ0n) is 14.5. The second-order valence-electron chi connectivity index (χ2n) is 5.73. The van der Waals surface area contributed by atoms with Gasteiger partial charge >= 0.3 is 5.97 Å². The Balaban J connectivity index is 2.22. The van der Waals surface area contributed by atoms with E-state index in [0.717, 1.165) is 12.6 Å². The van der Waals surface area contributed by atoms with Gasteiger partial charge in [-0.25, -0.2) is 9.48 Å². The van der Waals surface area contributed by atoms with Crippen LogP contribution in [0.15, 0.2) is 36.5 Å². The van der Waals surface area contributed by atoms with Crippen molar-refractivity contribution in [3.05, 3.63) is 42.2 Å². The number of amides is 1. The fourth-order valence-electron chi connectivity index (χ4n) is 1.98. The van der Waals surface area contributed by atoms with Gasteiger partial charge in [-0.05, 0) is 19.1 Å². The Hall–Kier alpha value is -2.91. The minimum absolute atomic E-state index is 0.0221. The number of para-hydroxylation sites is 1. The molecule has 0 fully saturated rings. The summed E-state index contributed by atoms with van der Waals surface area (Å²) < 4.78 is 11.9. The predicted molar refractivity (Wildman–Crippen MR) is 91.5 cm³/mol. The number of aliphatic hydroxyl groups is 1. The largest absolute Gasteiger partial charge is 0.487 e. The highest BCUT2D eigenvalue weighted by atomic mass is 16.5. The number of nitrogens with one attached hydrogen (secondary N) is 1. The van der Waals surface area contributed by atoms with Crippen molar-refractivity contribution in [2.45, 2.75) is 12.5 Å². The Morgan fingerprint density at radius 1 is 1.27 bits per heavy atom. The van der Waals surface area contributed by atoms with Gasteiger partial charge in [0.15, 0.2) is 17.0 Å². The van der Waals surface area contributed by atoms with Crippen LogP contribution in [0.3, 0.4) is 0 Å². The Labute approximate surface area is 150 Å². The topological polar surface area (TPSA) is 123 Å². The van der Waals surface area contributed by atoms with Crippen LogP contribution in [0.2, 0.25) is 0 Å². The molecule has 0 spiro atoms. The molecule has 1 aromatic carbocycles. The third-order valence-corrected chi connectivity index (χ3v) is 3.52. The number of rotatable bonds is 9. The Morgan fingerprint density at radius 2 is 1.96 bits per heavy atom. The minimum Gasteiger partial charge on any atom is -0.487 e. The first-order valence-electron chi connectivity index (χ1n) is 7.86. The second kappa shape index (κ2) is 8.45. The van der Waals surface area contributed by atoms with Crippen LogP contribution in [-0.4, -0.2) is 64.3 Å². The molecule has 0 bridgehead atoms. The predicted octanol–water partition coefficient (Wildman–Crippen LogP) is 0.463. The van der Waals surface area contributed by atoms with E-state index >= 15 is 0 Å². The number of benzene rings is 1. The molecule has 3 N–H and O–H groups in total. The van der Waals surface area contributed by atoms with Gasteiger partial charge in [-0.15, -0.1) is 0 Å². The van der Waals surface area contributed by atoms with Crippen molar-refractivity contribution in [2.24, 2.45) is 0 Å². The highest BCUT2D eigenvalue weighted by molar-refractivity contribution is 5.95. The van der Waals surface area contributed by atoms with Crippen LogP contribution in [0.1, 0.15) is 17.4 Å². The number of methoxy groups -OCH3 is 1. The number of ether oxygens (including phenoxy) is 2. The highest BCUT2D eigenvalue weighted by Crippen LogP contribution is 2.20. The summed E-state index contributed by atoms with van der Waals surface area (Å²) in [5, 5.41) is 25.2. The molecule has 1 unspecified atom stereocenters. The first-order valence-corrected chi connectivity index (χ1v) is 7.86. The lowest BCUT2D eigenvalue weighted by atomic mass is 10.1. The minimum atomic E-state index is -2.09. The molecule has 0 radical (unpaired) electrons. The molecule has 0 saturated carbocycles. The lowest BCUT2D eigenvalue weighted by Gasteiger charge is -2.17. The molecule has 0 aliphatic rings. The van der Waals surface area contributed by atoms with Crippen LogP contribution in [0.5, 0.6) is 5.75 Å². The van der Waals surface area contributed by atoms with Crippen LogP contribution in [-0.2, 0) is 9.53 Å². The number of aliphatic carboxylic acids is 1. The molecule has 1 aromatic heterocycles. The van der Waals surface area contributed by atoms with Gasteiger partial charge in [0.25, 0.3) is 5.91 Å². The maximum Gasteiger partial charge on any atom is 0.337 e. The quantitative estimate of drug-likeness (QED) is 0.553. The van der Waals surface area contributed by atoms with Crippen molar-refractivity contribution in [2.75, 3.05) is 26.9 Å². The Bertz CT molecular complexity index is 757. The summed E-state index contributed by atoms with van der Waals surface area (Å²) in [6.07, 6.45) is 1.55. The van der Waals surface area contributed by atoms with Gasteiger partial charge in [0.05, 0.1) is 25.0 Å². The van der Waals surface area contributed by atoms with E-state index in [1.165, 1.54) is 11.8 Å². The van der Waals surface area contributed by atoms with E-state index in [2.05, 4.69) is 10.4 Å². The van der Waals surface area contributed by atoms with Gasteiger partial charge in [0.2, 0.25) is 0 Å². The van der Waals surface area contributed by atoms with Crippen LogP contribution in [0.25, 0.3) is 5.69 Å². The third kappa shape index (κ3) is 4.80. The summed E-state index contributed by atoms with van der Waals surface area (Å²) in [5.74, 6) is -1.88. The Kier molecular flexibility index (Phi) is 6.31. The van der Waals surface area contributed by atoms with Gasteiger partial charge in [0.1, 0.15) is 6.61 Å². The molecule has 140 valence electrons. The lowest BCUT2D eigenvalue weighted by molar-refractivity contribution is -0.155. The fourth-order valence-corrected chi connectivity index (χ4v) is 1.98. The van der Waals surface area contributed by atoms with Gasteiger partial charge in [-0.3, -0.25) is 4.79 Å². The molecular formula is C17H21N3O6. The number of carboxylic acid groups (broad SMARTS) is 1. The van der Waals surface area contributed by atoms with Crippen molar-refractivity contribution >= 4 is 11.9 Å². The molecule has 9 nitrogen and oxygen atoms in total. The number of aromatic nitrogens is 2. The molecule has 0 aliphatic heterocycles. The van der Waals surface area contributed by atoms with Gasteiger partial charge in [-0.2, -0.15) is 5.10 Å². The summed E-state index contributed by atoms with van der Waals surface area (Å²) in [6, 6.07) is 9.12. The number of nitrogens with zero attached hydrogens (tertiary/aromatic N) is 2. The summed E-state index contributed by atoms with van der Waals surface area (Å²) in [7, 11) is 1.53. The van der Waals surface area contributed by atoms with Crippen molar-refractivity contribution in [3.63, 3.8) is 0 Å². The summed E-state index contributed by atoms with van der Waals surface area (Å²) in [4.78, 5) is 23.4. The van der Waals surface area contributed by atoms with E-state index in [4.69, 9.17) is 14.6 Å². The highest BCUT2D eigenvalue weighted by Gasteiger charge is 2.31. The number of carbonyl (C=O) groups excluding carboxylic acids is 1. The maximum atomic E-state index is 12.4.